The summed E-state index contributed by atoms with van der Waals surface area (Å²) in [6, 6.07) is 11.8. The van der Waals surface area contributed by atoms with Crippen molar-refractivity contribution in [2.75, 3.05) is 0 Å². The average molecular weight is 254 g/mol. The number of aryl methyl sites for hydroxylation is 3. The Morgan fingerprint density at radius 2 is 1.21 bits per heavy atom. The standard InChI is InChI=1S/C19H26/c1-4-7-15-10-13-18-16(8-5-2)11-12-17(9-6-3)19(18)14-15/h10-14H,4-9H2,1-3H3. The van der Waals surface area contributed by atoms with Crippen molar-refractivity contribution in [3.63, 3.8) is 0 Å². The van der Waals surface area contributed by atoms with E-state index in [1.54, 1.807) is 0 Å². The van der Waals surface area contributed by atoms with Gasteiger partial charge in [0.2, 0.25) is 0 Å². The molecule has 0 aliphatic heterocycles. The molecule has 0 heteroatoms. The summed E-state index contributed by atoms with van der Waals surface area (Å²) in [6.07, 6.45) is 7.25. The fourth-order valence-corrected chi connectivity index (χ4v) is 2.94. The first-order chi connectivity index (χ1) is 9.30. The Kier molecular flexibility index (Phi) is 5.01. The molecule has 19 heavy (non-hydrogen) atoms. The van der Waals surface area contributed by atoms with Crippen LogP contribution in [0.3, 0.4) is 0 Å². The first-order valence-electron chi connectivity index (χ1n) is 7.83. The van der Waals surface area contributed by atoms with E-state index in [2.05, 4.69) is 51.1 Å². The summed E-state index contributed by atoms with van der Waals surface area (Å²) >= 11 is 0. The van der Waals surface area contributed by atoms with Crippen LogP contribution in [0.25, 0.3) is 10.8 Å². The molecule has 0 radical (unpaired) electrons. The van der Waals surface area contributed by atoms with Crippen LogP contribution in [-0.4, -0.2) is 0 Å². The number of benzene rings is 2. The minimum Gasteiger partial charge on any atom is -0.0651 e. The zero-order valence-corrected chi connectivity index (χ0v) is 12.6. The van der Waals surface area contributed by atoms with Crippen LogP contribution in [-0.2, 0) is 19.3 Å². The zero-order valence-electron chi connectivity index (χ0n) is 12.6. The molecule has 0 amide bonds. The van der Waals surface area contributed by atoms with Crippen molar-refractivity contribution in [1.82, 2.24) is 0 Å². The van der Waals surface area contributed by atoms with E-state index in [-0.39, 0.29) is 0 Å². The van der Waals surface area contributed by atoms with Crippen molar-refractivity contribution in [1.29, 1.82) is 0 Å². The number of rotatable bonds is 6. The second kappa shape index (κ2) is 6.75. The molecule has 0 heterocycles. The number of hydrogen-bond acceptors (Lipinski definition) is 0. The molecule has 0 fully saturated rings. The molecule has 0 aliphatic carbocycles. The van der Waals surface area contributed by atoms with Gasteiger partial charge in [0.15, 0.2) is 0 Å². The molecule has 0 nitrogen and oxygen atoms in total. The second-order valence-corrected chi connectivity index (χ2v) is 5.51. The Balaban J connectivity index is 2.55. The van der Waals surface area contributed by atoms with Crippen molar-refractivity contribution >= 4 is 10.8 Å². The highest BCUT2D eigenvalue weighted by molar-refractivity contribution is 5.89. The Morgan fingerprint density at radius 1 is 0.632 bits per heavy atom. The van der Waals surface area contributed by atoms with Crippen molar-refractivity contribution in [3.8, 4) is 0 Å². The molecule has 2 aromatic carbocycles. The first-order valence-corrected chi connectivity index (χ1v) is 7.83. The molecule has 0 bridgehead atoms. The van der Waals surface area contributed by atoms with Gasteiger partial charge in [-0.2, -0.15) is 0 Å². The molecule has 2 aromatic rings. The van der Waals surface area contributed by atoms with Crippen molar-refractivity contribution in [2.24, 2.45) is 0 Å². The van der Waals surface area contributed by atoms with Crippen LogP contribution < -0.4 is 0 Å². The SMILES string of the molecule is CCCc1ccc2c(CCC)ccc(CCC)c2c1. The van der Waals surface area contributed by atoms with E-state index >= 15 is 0 Å². The minimum absolute atomic E-state index is 1.19. The van der Waals surface area contributed by atoms with E-state index in [9.17, 15) is 0 Å². The molecular weight excluding hydrogens is 228 g/mol. The monoisotopic (exact) mass is 254 g/mol. The lowest BCUT2D eigenvalue weighted by Gasteiger charge is -2.12. The van der Waals surface area contributed by atoms with E-state index in [0.29, 0.717) is 0 Å². The largest absolute Gasteiger partial charge is 0.0651 e. The van der Waals surface area contributed by atoms with E-state index in [4.69, 9.17) is 0 Å². The topological polar surface area (TPSA) is 0 Å². The van der Waals surface area contributed by atoms with E-state index in [1.807, 2.05) is 0 Å². The van der Waals surface area contributed by atoms with Gasteiger partial charge in [0.1, 0.15) is 0 Å². The van der Waals surface area contributed by atoms with Gasteiger partial charge in [0, 0.05) is 0 Å². The van der Waals surface area contributed by atoms with Crippen LogP contribution in [0.15, 0.2) is 30.3 Å². The van der Waals surface area contributed by atoms with Crippen molar-refractivity contribution < 1.29 is 0 Å². The molecule has 0 spiro atoms. The first kappa shape index (κ1) is 14.1. The van der Waals surface area contributed by atoms with E-state index < -0.39 is 0 Å². The highest BCUT2D eigenvalue weighted by Crippen LogP contribution is 2.26. The van der Waals surface area contributed by atoms with Gasteiger partial charge in [-0.3, -0.25) is 0 Å². The molecule has 0 atom stereocenters. The van der Waals surface area contributed by atoms with Crippen LogP contribution in [0.5, 0.6) is 0 Å². The maximum atomic E-state index is 2.43. The summed E-state index contributed by atoms with van der Waals surface area (Å²) in [5.74, 6) is 0. The van der Waals surface area contributed by atoms with E-state index in [1.165, 1.54) is 66.0 Å². The predicted octanol–water partition coefficient (Wildman–Crippen LogP) is 5.70. The Bertz CT molecular complexity index is 537. The van der Waals surface area contributed by atoms with Crippen LogP contribution in [0.4, 0.5) is 0 Å². The summed E-state index contributed by atoms with van der Waals surface area (Å²) in [4.78, 5) is 0. The average Bonchev–Trinajstić information content (AvgIpc) is 2.42. The summed E-state index contributed by atoms with van der Waals surface area (Å²) in [7, 11) is 0. The van der Waals surface area contributed by atoms with Gasteiger partial charge in [0.25, 0.3) is 0 Å². The molecule has 0 N–H and O–H groups in total. The smallest absolute Gasteiger partial charge is 0.0146 e. The third-order valence-electron chi connectivity index (χ3n) is 3.84. The second-order valence-electron chi connectivity index (χ2n) is 5.51. The quantitative estimate of drug-likeness (QED) is 0.620. The maximum Gasteiger partial charge on any atom is -0.0146 e. The molecule has 2 rings (SSSR count). The van der Waals surface area contributed by atoms with Gasteiger partial charge in [0.05, 0.1) is 0 Å². The van der Waals surface area contributed by atoms with E-state index in [0.717, 1.165) is 0 Å². The fraction of sp³-hybridized carbons (Fsp3) is 0.474. The Hall–Kier alpha value is -1.30. The summed E-state index contributed by atoms with van der Waals surface area (Å²) < 4.78 is 0. The lowest BCUT2D eigenvalue weighted by molar-refractivity contribution is 0.910. The van der Waals surface area contributed by atoms with Gasteiger partial charge in [-0.1, -0.05) is 70.4 Å². The van der Waals surface area contributed by atoms with Crippen LogP contribution in [0.1, 0.15) is 56.7 Å². The van der Waals surface area contributed by atoms with Crippen LogP contribution >= 0.6 is 0 Å². The number of fused-ring (bicyclic) bond motifs is 1. The van der Waals surface area contributed by atoms with Crippen molar-refractivity contribution in [2.45, 2.75) is 59.3 Å². The van der Waals surface area contributed by atoms with Gasteiger partial charge < -0.3 is 0 Å². The van der Waals surface area contributed by atoms with Crippen LogP contribution in [0, 0.1) is 0 Å². The Morgan fingerprint density at radius 3 is 1.79 bits per heavy atom. The predicted molar refractivity (Wildman–Crippen MR) is 85.9 cm³/mol. The Labute approximate surface area is 117 Å². The summed E-state index contributed by atoms with van der Waals surface area (Å²) in [6.45, 7) is 6.78. The van der Waals surface area contributed by atoms with Gasteiger partial charge in [-0.25, -0.2) is 0 Å². The highest BCUT2D eigenvalue weighted by Gasteiger charge is 2.06. The fourth-order valence-electron chi connectivity index (χ4n) is 2.94. The van der Waals surface area contributed by atoms with Gasteiger partial charge in [-0.05, 0) is 46.7 Å². The normalized spacial score (nSPS) is 11.1. The maximum absolute atomic E-state index is 2.43. The third kappa shape index (κ3) is 3.18. The molecular formula is C19H26. The minimum atomic E-state index is 1.19. The van der Waals surface area contributed by atoms with Crippen molar-refractivity contribution in [3.05, 3.63) is 47.0 Å². The zero-order chi connectivity index (χ0) is 13.7. The van der Waals surface area contributed by atoms with Crippen LogP contribution in [0.2, 0.25) is 0 Å². The molecule has 0 aromatic heterocycles. The van der Waals surface area contributed by atoms with Gasteiger partial charge >= 0.3 is 0 Å². The molecule has 0 saturated carbocycles. The van der Waals surface area contributed by atoms with Gasteiger partial charge in [-0.15, -0.1) is 0 Å². The molecule has 102 valence electrons. The lowest BCUT2D eigenvalue weighted by atomic mass is 9.93. The summed E-state index contributed by atoms with van der Waals surface area (Å²) in [5.41, 5.74) is 4.52. The number of hydrogen-bond donors (Lipinski definition) is 0. The third-order valence-corrected chi connectivity index (χ3v) is 3.84. The summed E-state index contributed by atoms with van der Waals surface area (Å²) in [5, 5.41) is 2.98. The lowest BCUT2D eigenvalue weighted by Crippen LogP contribution is -1.93. The molecule has 0 saturated heterocycles. The highest BCUT2D eigenvalue weighted by atomic mass is 14.1. The molecule has 0 unspecified atom stereocenters. The molecule has 0 aliphatic rings.